The highest BCUT2D eigenvalue weighted by molar-refractivity contribution is 7.85. The van der Waals surface area contributed by atoms with Crippen LogP contribution in [0, 0.1) is 0 Å². The van der Waals surface area contributed by atoms with Gasteiger partial charge in [0.1, 0.15) is 16.7 Å². The SMILES string of the molecule is CCCCCCCCCCCCCCCCCC[N+](C)(C)Cc1ccccc1.O=S(=O)([O-])c1ccc(Cl)cc1. The first kappa shape index (κ1) is 35.6. The largest absolute Gasteiger partial charge is 0.744 e. The number of benzene rings is 2. The number of quaternary nitrogens is 1. The number of rotatable bonds is 20. The van der Waals surface area contributed by atoms with Crippen LogP contribution in [0.2, 0.25) is 5.02 Å². The van der Waals surface area contributed by atoms with Gasteiger partial charge in [-0.1, -0.05) is 139 Å². The third-order valence-electron chi connectivity index (χ3n) is 7.17. The van der Waals surface area contributed by atoms with Crippen molar-refractivity contribution in [3.63, 3.8) is 0 Å². The zero-order chi connectivity index (χ0) is 28.8. The molecule has 0 amide bonds. The predicted octanol–water partition coefficient (Wildman–Crippen LogP) is 9.77. The first-order valence-corrected chi connectivity index (χ1v) is 17.0. The van der Waals surface area contributed by atoms with E-state index >= 15 is 0 Å². The van der Waals surface area contributed by atoms with Gasteiger partial charge in [0, 0.05) is 10.6 Å². The third kappa shape index (κ3) is 20.2. The van der Waals surface area contributed by atoms with E-state index in [-0.39, 0.29) is 4.90 Å². The van der Waals surface area contributed by atoms with Crippen molar-refractivity contribution in [2.24, 2.45) is 0 Å². The van der Waals surface area contributed by atoms with Crippen molar-refractivity contribution >= 4 is 21.7 Å². The second-order valence-corrected chi connectivity index (χ2v) is 13.3. The summed E-state index contributed by atoms with van der Waals surface area (Å²) in [5.74, 6) is 0. The van der Waals surface area contributed by atoms with E-state index in [9.17, 15) is 13.0 Å². The summed E-state index contributed by atoms with van der Waals surface area (Å²) in [5.41, 5.74) is 1.46. The van der Waals surface area contributed by atoms with Crippen molar-refractivity contribution in [1.82, 2.24) is 0 Å². The van der Waals surface area contributed by atoms with E-state index < -0.39 is 10.1 Å². The molecule has 0 saturated heterocycles. The van der Waals surface area contributed by atoms with Crippen LogP contribution < -0.4 is 0 Å². The number of hydrogen-bond acceptors (Lipinski definition) is 3. The van der Waals surface area contributed by atoms with Crippen molar-refractivity contribution in [2.45, 2.75) is 121 Å². The molecule has 0 bridgehead atoms. The van der Waals surface area contributed by atoms with Crippen LogP contribution in [0.3, 0.4) is 0 Å². The zero-order valence-corrected chi connectivity index (χ0v) is 26.5. The molecule has 0 unspecified atom stereocenters. The molecular weight excluding hydrogens is 526 g/mol. The first-order chi connectivity index (χ1) is 18.6. The van der Waals surface area contributed by atoms with Gasteiger partial charge >= 0.3 is 0 Å². The molecule has 39 heavy (non-hydrogen) atoms. The predicted molar refractivity (Wildman–Crippen MR) is 166 cm³/mol. The van der Waals surface area contributed by atoms with Crippen LogP contribution >= 0.6 is 11.6 Å². The smallest absolute Gasteiger partial charge is 0.124 e. The highest BCUT2D eigenvalue weighted by Gasteiger charge is 2.14. The van der Waals surface area contributed by atoms with Gasteiger partial charge in [-0.3, -0.25) is 0 Å². The van der Waals surface area contributed by atoms with Crippen molar-refractivity contribution in [2.75, 3.05) is 20.6 Å². The second kappa shape index (κ2) is 21.4. The molecule has 0 aliphatic carbocycles. The fraction of sp³-hybridized carbons (Fsp3) is 0.636. The molecule has 2 aromatic rings. The molecule has 2 rings (SSSR count). The minimum absolute atomic E-state index is 0.262. The lowest BCUT2D eigenvalue weighted by atomic mass is 10.0. The van der Waals surface area contributed by atoms with E-state index in [0.717, 1.165) is 11.0 Å². The van der Waals surface area contributed by atoms with Gasteiger partial charge in [-0.05, 0) is 37.1 Å². The molecule has 0 atom stereocenters. The van der Waals surface area contributed by atoms with Crippen LogP contribution in [-0.4, -0.2) is 38.1 Å². The second-order valence-electron chi connectivity index (χ2n) is 11.5. The molecule has 2 aromatic carbocycles. The molecule has 0 aliphatic rings. The molecular formula is C33H54ClNO3S. The van der Waals surface area contributed by atoms with Crippen LogP contribution in [-0.2, 0) is 16.7 Å². The summed E-state index contributed by atoms with van der Waals surface area (Å²) in [6.45, 7) is 4.75. The van der Waals surface area contributed by atoms with Gasteiger partial charge in [0.25, 0.3) is 0 Å². The van der Waals surface area contributed by atoms with Gasteiger partial charge in [-0.15, -0.1) is 0 Å². The van der Waals surface area contributed by atoms with Gasteiger partial charge in [-0.25, -0.2) is 8.42 Å². The number of nitrogens with zero attached hydrogens (tertiary/aromatic N) is 1. The molecule has 0 aromatic heterocycles. The van der Waals surface area contributed by atoms with E-state index in [0.29, 0.717) is 5.02 Å². The summed E-state index contributed by atoms with van der Waals surface area (Å²) in [4.78, 5) is -0.262. The molecule has 6 heteroatoms. The Bertz CT molecular complexity index is 947. The first-order valence-electron chi connectivity index (χ1n) is 15.2. The van der Waals surface area contributed by atoms with E-state index in [4.69, 9.17) is 11.6 Å². The highest BCUT2D eigenvalue weighted by atomic mass is 35.5. The number of hydrogen-bond donors (Lipinski definition) is 0. The van der Waals surface area contributed by atoms with Crippen molar-refractivity contribution in [3.05, 3.63) is 65.2 Å². The molecule has 0 fully saturated rings. The Morgan fingerprint density at radius 1 is 0.641 bits per heavy atom. The van der Waals surface area contributed by atoms with Crippen LogP contribution in [0.4, 0.5) is 0 Å². The average Bonchev–Trinajstić information content (AvgIpc) is 2.89. The molecule has 0 spiro atoms. The quantitative estimate of drug-likeness (QED) is 0.0890. The molecule has 0 saturated carbocycles. The Balaban J connectivity index is 0.000000573. The van der Waals surface area contributed by atoms with Gasteiger partial charge in [-0.2, -0.15) is 0 Å². The fourth-order valence-corrected chi connectivity index (χ4v) is 5.44. The lowest BCUT2D eigenvalue weighted by Crippen LogP contribution is -2.39. The number of halogens is 1. The molecule has 222 valence electrons. The van der Waals surface area contributed by atoms with Crippen LogP contribution in [0.15, 0.2) is 59.5 Å². The summed E-state index contributed by atoms with van der Waals surface area (Å²) >= 11 is 5.46. The maximum atomic E-state index is 10.3. The molecule has 0 aliphatic heterocycles. The molecule has 0 N–H and O–H groups in total. The van der Waals surface area contributed by atoms with Crippen LogP contribution in [0.1, 0.15) is 115 Å². The highest BCUT2D eigenvalue weighted by Crippen LogP contribution is 2.16. The van der Waals surface area contributed by atoms with E-state index in [1.807, 2.05) is 0 Å². The normalized spacial score (nSPS) is 11.7. The van der Waals surface area contributed by atoms with E-state index in [2.05, 4.69) is 51.4 Å². The maximum absolute atomic E-state index is 10.3. The minimum Gasteiger partial charge on any atom is -0.744 e. The molecule has 4 nitrogen and oxygen atoms in total. The lowest BCUT2D eigenvalue weighted by Gasteiger charge is -2.30. The average molecular weight is 580 g/mol. The molecule has 0 radical (unpaired) electrons. The summed E-state index contributed by atoms with van der Waals surface area (Å²) < 4.78 is 32.2. The van der Waals surface area contributed by atoms with Crippen molar-refractivity contribution in [1.29, 1.82) is 0 Å². The topological polar surface area (TPSA) is 57.2 Å². The van der Waals surface area contributed by atoms with E-state index in [1.54, 1.807) is 0 Å². The zero-order valence-electron chi connectivity index (χ0n) is 24.9. The maximum Gasteiger partial charge on any atom is 0.124 e. The van der Waals surface area contributed by atoms with Gasteiger partial charge in [0.15, 0.2) is 0 Å². The van der Waals surface area contributed by atoms with Crippen molar-refractivity contribution in [3.8, 4) is 0 Å². The van der Waals surface area contributed by atoms with E-state index in [1.165, 1.54) is 139 Å². The van der Waals surface area contributed by atoms with Crippen molar-refractivity contribution < 1.29 is 17.5 Å². The summed E-state index contributed by atoms with van der Waals surface area (Å²) in [5, 5.41) is 0.400. The van der Waals surface area contributed by atoms with Gasteiger partial charge < -0.3 is 9.04 Å². The Morgan fingerprint density at radius 3 is 1.46 bits per heavy atom. The van der Waals surface area contributed by atoms with Gasteiger partial charge in [0.2, 0.25) is 0 Å². The summed E-state index contributed by atoms with van der Waals surface area (Å²) in [6, 6.07) is 16.0. The Morgan fingerprint density at radius 2 is 1.05 bits per heavy atom. The Labute approximate surface area is 245 Å². The van der Waals surface area contributed by atoms with Crippen LogP contribution in [0.25, 0.3) is 0 Å². The third-order valence-corrected chi connectivity index (χ3v) is 8.27. The fourth-order valence-electron chi connectivity index (χ4n) is 4.85. The van der Waals surface area contributed by atoms with Crippen LogP contribution in [0.5, 0.6) is 0 Å². The molecule has 0 heterocycles. The number of unbranched alkanes of at least 4 members (excludes halogenated alkanes) is 15. The minimum atomic E-state index is -4.33. The summed E-state index contributed by atoms with van der Waals surface area (Å²) in [7, 11) is 0.418. The standard InChI is InChI=1S/C27H50N.C6H5ClO3S/c1-4-5-6-7-8-9-10-11-12-13-14-15-16-17-18-22-25-28(2,3)26-27-23-20-19-21-24-27;7-5-1-3-6(4-2-5)11(8,9)10/h19-21,23-24H,4-18,22,25-26H2,1-3H3;1-4H,(H,8,9,10)/q+1;/p-1. The lowest BCUT2D eigenvalue weighted by molar-refractivity contribution is -0.903. The Kier molecular flexibility index (Phi) is 19.5. The monoisotopic (exact) mass is 579 g/mol. The Hall–Kier alpha value is -1.40. The summed E-state index contributed by atoms with van der Waals surface area (Å²) in [6.07, 6.45) is 23.2. The van der Waals surface area contributed by atoms with Gasteiger partial charge in [0.05, 0.1) is 25.5 Å².